The molecule has 11 aromatic rings. The van der Waals surface area contributed by atoms with Crippen molar-refractivity contribution in [3.05, 3.63) is 260 Å². The second kappa shape index (κ2) is 15.9. The monoisotopic (exact) mass is 861 g/mol. The molecule has 0 spiro atoms. The lowest BCUT2D eigenvalue weighted by atomic mass is 9.81. The minimum Gasteiger partial charge on any atom is -0.456 e. The Labute approximate surface area is 387 Å². The maximum absolute atomic E-state index is 6.48. The average molecular weight is 862 g/mol. The van der Waals surface area contributed by atoms with E-state index in [1.54, 1.807) is 0 Å². The lowest BCUT2D eigenvalue weighted by Crippen LogP contribution is -2.74. The van der Waals surface area contributed by atoms with Crippen molar-refractivity contribution >= 4 is 67.8 Å². The molecule has 0 unspecified atom stereocenters. The highest BCUT2D eigenvalue weighted by molar-refractivity contribution is 7.19. The predicted molar refractivity (Wildman–Crippen MR) is 280 cm³/mol. The van der Waals surface area contributed by atoms with Crippen LogP contribution in [-0.4, -0.2) is 8.07 Å². The summed E-state index contributed by atoms with van der Waals surface area (Å²) in [6.07, 6.45) is 0. The zero-order valence-corrected chi connectivity index (χ0v) is 38.0. The minimum absolute atomic E-state index is 0.144. The first-order valence-corrected chi connectivity index (χ1v) is 24.9. The fourth-order valence-corrected chi connectivity index (χ4v) is 15.5. The van der Waals surface area contributed by atoms with E-state index in [-0.39, 0.29) is 5.41 Å². The van der Waals surface area contributed by atoms with Gasteiger partial charge in [0.2, 0.25) is 0 Å². The largest absolute Gasteiger partial charge is 0.456 e. The zero-order valence-electron chi connectivity index (χ0n) is 37.0. The Morgan fingerprint density at radius 1 is 0.333 bits per heavy atom. The molecule has 10 aromatic carbocycles. The highest BCUT2D eigenvalue weighted by Gasteiger charge is 2.41. The lowest BCUT2D eigenvalue weighted by molar-refractivity contribution is 0.660. The van der Waals surface area contributed by atoms with Crippen molar-refractivity contribution in [2.45, 2.75) is 19.3 Å². The molecule has 0 aliphatic heterocycles. The van der Waals surface area contributed by atoms with E-state index in [9.17, 15) is 0 Å². The third kappa shape index (κ3) is 6.46. The summed E-state index contributed by atoms with van der Waals surface area (Å²) >= 11 is 0. The third-order valence-electron chi connectivity index (χ3n) is 14.0. The first-order valence-electron chi connectivity index (χ1n) is 22.9. The van der Waals surface area contributed by atoms with Gasteiger partial charge in [-0.25, -0.2) is 0 Å². The van der Waals surface area contributed by atoms with Crippen molar-refractivity contribution < 1.29 is 4.42 Å². The number of hydrogen-bond donors (Lipinski definition) is 0. The summed E-state index contributed by atoms with van der Waals surface area (Å²) in [7, 11) is -2.63. The molecule has 0 N–H and O–H groups in total. The first-order chi connectivity index (χ1) is 32.5. The fraction of sp³-hybridized carbons (Fsp3) is 0.0476. The van der Waals surface area contributed by atoms with E-state index in [1.165, 1.54) is 65.3 Å². The summed E-state index contributed by atoms with van der Waals surface area (Å²) in [4.78, 5) is 2.38. The lowest BCUT2D eigenvalue weighted by Gasteiger charge is -2.34. The maximum Gasteiger partial charge on any atom is 0.179 e. The van der Waals surface area contributed by atoms with Crippen molar-refractivity contribution in [2.24, 2.45) is 0 Å². The molecular formula is C63H47NOSi. The predicted octanol–water partition coefficient (Wildman–Crippen LogP) is 14.1. The number of nitrogens with zero attached hydrogens (tertiary/aromatic N) is 1. The maximum atomic E-state index is 6.48. The van der Waals surface area contributed by atoms with Gasteiger partial charge in [0.05, 0.1) is 0 Å². The van der Waals surface area contributed by atoms with Crippen LogP contribution in [0.4, 0.5) is 17.1 Å². The Morgan fingerprint density at radius 2 is 0.803 bits per heavy atom. The van der Waals surface area contributed by atoms with Crippen LogP contribution in [0.3, 0.4) is 0 Å². The van der Waals surface area contributed by atoms with Crippen molar-refractivity contribution in [1.82, 2.24) is 0 Å². The molecule has 1 aliphatic rings. The number of rotatable bonds is 9. The van der Waals surface area contributed by atoms with Crippen LogP contribution in [0.25, 0.3) is 55.3 Å². The summed E-state index contributed by atoms with van der Waals surface area (Å²) in [5.74, 6) is 0. The molecule has 0 fully saturated rings. The molecule has 1 heterocycles. The van der Waals surface area contributed by atoms with Crippen molar-refractivity contribution in [1.29, 1.82) is 0 Å². The van der Waals surface area contributed by atoms with Crippen LogP contribution in [0.1, 0.15) is 25.0 Å². The quantitative estimate of drug-likeness (QED) is 0.106. The normalized spacial score (nSPS) is 12.8. The number of para-hydroxylation sites is 1. The van der Waals surface area contributed by atoms with Gasteiger partial charge in [-0.1, -0.05) is 208 Å². The van der Waals surface area contributed by atoms with E-state index in [2.05, 4.69) is 255 Å². The number of furan rings is 1. The number of benzene rings is 10. The van der Waals surface area contributed by atoms with Gasteiger partial charge in [0.25, 0.3) is 0 Å². The van der Waals surface area contributed by atoms with Gasteiger partial charge in [0, 0.05) is 39.3 Å². The van der Waals surface area contributed by atoms with Gasteiger partial charge in [0.15, 0.2) is 8.07 Å². The van der Waals surface area contributed by atoms with Gasteiger partial charge in [-0.2, -0.15) is 0 Å². The summed E-state index contributed by atoms with van der Waals surface area (Å²) in [5.41, 5.74) is 15.0. The fourth-order valence-electron chi connectivity index (χ4n) is 10.8. The van der Waals surface area contributed by atoms with Crippen molar-refractivity contribution in [3.63, 3.8) is 0 Å². The van der Waals surface area contributed by atoms with Gasteiger partial charge in [-0.15, -0.1) is 0 Å². The molecule has 2 nitrogen and oxygen atoms in total. The van der Waals surface area contributed by atoms with E-state index in [4.69, 9.17) is 4.42 Å². The Bertz CT molecular complexity index is 3430. The Hall–Kier alpha value is -7.98. The van der Waals surface area contributed by atoms with E-state index >= 15 is 0 Å². The van der Waals surface area contributed by atoms with Crippen molar-refractivity contribution in [3.8, 4) is 33.4 Å². The van der Waals surface area contributed by atoms with Crippen molar-refractivity contribution in [2.75, 3.05) is 4.90 Å². The molecule has 3 heteroatoms. The Balaban J connectivity index is 0.954. The summed E-state index contributed by atoms with van der Waals surface area (Å²) < 4.78 is 6.48. The molecule has 1 aromatic heterocycles. The Kier molecular flexibility index (Phi) is 9.55. The van der Waals surface area contributed by atoms with Crippen LogP contribution in [-0.2, 0) is 5.41 Å². The molecule has 0 radical (unpaired) electrons. The molecular weight excluding hydrogens is 815 g/mol. The summed E-state index contributed by atoms with van der Waals surface area (Å²) in [5, 5.41) is 7.72. The number of hydrogen-bond acceptors (Lipinski definition) is 2. The van der Waals surface area contributed by atoms with Crippen LogP contribution in [0.2, 0.25) is 0 Å². The first kappa shape index (κ1) is 39.6. The van der Waals surface area contributed by atoms with Gasteiger partial charge >= 0.3 is 0 Å². The third-order valence-corrected chi connectivity index (χ3v) is 18.8. The second-order valence-electron chi connectivity index (χ2n) is 18.1. The van der Waals surface area contributed by atoms with Crippen LogP contribution < -0.4 is 25.6 Å². The molecule has 0 bridgehead atoms. The number of fused-ring (bicyclic) bond motifs is 6. The molecule has 0 atom stereocenters. The average Bonchev–Trinajstić information content (AvgIpc) is 3.86. The molecule has 0 amide bonds. The Morgan fingerprint density at radius 3 is 1.44 bits per heavy atom. The molecule has 0 saturated heterocycles. The van der Waals surface area contributed by atoms with E-state index in [0.717, 1.165) is 39.0 Å². The molecule has 314 valence electrons. The van der Waals surface area contributed by atoms with Crippen LogP contribution in [0, 0.1) is 0 Å². The van der Waals surface area contributed by atoms with Crippen LogP contribution in [0.15, 0.2) is 253 Å². The smallest absolute Gasteiger partial charge is 0.179 e. The molecule has 66 heavy (non-hydrogen) atoms. The van der Waals surface area contributed by atoms with E-state index in [1.807, 2.05) is 12.1 Å². The topological polar surface area (TPSA) is 16.4 Å². The highest BCUT2D eigenvalue weighted by atomic mass is 28.3. The summed E-state index contributed by atoms with van der Waals surface area (Å²) in [6, 6.07) is 91.5. The van der Waals surface area contributed by atoms with Crippen LogP contribution in [0.5, 0.6) is 0 Å². The van der Waals surface area contributed by atoms with Crippen LogP contribution >= 0.6 is 0 Å². The van der Waals surface area contributed by atoms with E-state index in [0.29, 0.717) is 0 Å². The number of anilines is 3. The molecule has 1 aliphatic carbocycles. The zero-order chi connectivity index (χ0) is 44.2. The van der Waals surface area contributed by atoms with E-state index < -0.39 is 8.07 Å². The summed E-state index contributed by atoms with van der Waals surface area (Å²) in [6.45, 7) is 4.72. The minimum atomic E-state index is -2.63. The van der Waals surface area contributed by atoms with Gasteiger partial charge in [-0.05, 0) is 114 Å². The van der Waals surface area contributed by atoms with Gasteiger partial charge < -0.3 is 9.32 Å². The standard InChI is InChI=1S/C63H47NOSi/c1-63(2)59-40-35-49(42-58(59)55-38-31-47(41-60(55)63)44-17-7-3-8-18-44)64(50-34-39-57-56-25-15-16-26-61(56)65-62(57)43-50)48-32-27-45(28-33-48)46-29-36-54(37-30-46)66(51-19-9-4-10-20-51,52-21-11-5-12-22-52)53-23-13-6-14-24-53/h3-43H,1-2H3. The SMILES string of the molecule is CC1(C)c2ccc(N(c3ccc(-c4ccc([Si](c5ccccc5)(c5ccccc5)c5ccccc5)cc4)cc3)c3ccc4c(c3)oc3ccccc34)cc2-c2ccc(-c3ccccc3)cc21. The second-order valence-corrected chi connectivity index (χ2v) is 21.9. The van der Waals surface area contributed by atoms with Gasteiger partial charge in [0.1, 0.15) is 11.2 Å². The molecule has 12 rings (SSSR count). The highest BCUT2D eigenvalue weighted by Crippen LogP contribution is 2.52. The molecule has 0 saturated carbocycles. The van der Waals surface area contributed by atoms with Gasteiger partial charge in [-0.3, -0.25) is 0 Å².